The molecular formula is C41H48N2O7. The summed E-state index contributed by atoms with van der Waals surface area (Å²) in [5.74, 6) is -0.884. The molecule has 1 aliphatic rings. The Hall–Kier alpha value is -4.38. The van der Waals surface area contributed by atoms with E-state index in [0.29, 0.717) is 6.54 Å². The van der Waals surface area contributed by atoms with Crippen molar-refractivity contribution < 1.29 is 34.0 Å². The van der Waals surface area contributed by atoms with Crippen LogP contribution in [-0.2, 0) is 37.0 Å². The summed E-state index contributed by atoms with van der Waals surface area (Å²) in [6.45, 7) is 7.79. The Morgan fingerprint density at radius 2 is 1.52 bits per heavy atom. The Morgan fingerprint density at radius 1 is 0.880 bits per heavy atom. The minimum Gasteiger partial charge on any atom is -0.453 e. The van der Waals surface area contributed by atoms with Crippen LogP contribution in [0.2, 0.25) is 0 Å². The highest BCUT2D eigenvalue weighted by atomic mass is 16.7. The topological polar surface area (TPSA) is 118 Å². The van der Waals surface area contributed by atoms with E-state index in [9.17, 15) is 19.8 Å². The monoisotopic (exact) mass is 680 g/mol. The number of ether oxygens (including phenoxy) is 3. The number of aliphatic hydroxyl groups is 2. The number of rotatable bonds is 13. The first kappa shape index (κ1) is 36.9. The van der Waals surface area contributed by atoms with E-state index >= 15 is 0 Å². The number of nitrogens with one attached hydrogen (secondary N) is 1. The zero-order chi connectivity index (χ0) is 35.8. The lowest BCUT2D eigenvalue weighted by Gasteiger charge is -2.43. The molecule has 9 nitrogen and oxygen atoms in total. The standard InChI is InChI=1S/C41H48N2O7/c1-26-37(24-43(5)27(2)38(46)32-11-7-6-8-12-32)49-41(50-39(26)33-17-15-30(25-44)16-18-33)34-21-19-31(20-22-34)36-14-10-9-13-35(36)23-42-40(47)28(3)48-29(4)45/h6-22,26-28,37-39,41,44,46H,23-25H2,1-5H3,(H,42,47)/t26-,27+,28-,37+,38+,39+,41+/m0/s1. The number of aliphatic hydroxyl groups excluding tert-OH is 2. The van der Waals surface area contributed by atoms with Crippen molar-refractivity contribution in [3.05, 3.63) is 131 Å². The van der Waals surface area contributed by atoms with Gasteiger partial charge in [0.2, 0.25) is 0 Å². The number of nitrogens with zero attached hydrogens (tertiary/aromatic N) is 1. The molecule has 5 rings (SSSR count). The van der Waals surface area contributed by atoms with Gasteiger partial charge in [-0.05, 0) is 54.3 Å². The molecule has 0 radical (unpaired) electrons. The van der Waals surface area contributed by atoms with Crippen LogP contribution < -0.4 is 5.32 Å². The molecule has 1 saturated heterocycles. The summed E-state index contributed by atoms with van der Waals surface area (Å²) < 4.78 is 18.4. The fourth-order valence-electron chi connectivity index (χ4n) is 6.35. The van der Waals surface area contributed by atoms with Gasteiger partial charge < -0.3 is 29.7 Å². The van der Waals surface area contributed by atoms with Crippen LogP contribution in [0.25, 0.3) is 11.1 Å². The number of esters is 1. The molecule has 9 heteroatoms. The molecule has 1 amide bonds. The molecule has 7 atom stereocenters. The van der Waals surface area contributed by atoms with Crippen molar-refractivity contribution >= 4 is 11.9 Å². The van der Waals surface area contributed by atoms with Crippen molar-refractivity contribution in [2.24, 2.45) is 5.92 Å². The summed E-state index contributed by atoms with van der Waals surface area (Å²) in [4.78, 5) is 25.9. The van der Waals surface area contributed by atoms with E-state index in [2.05, 4.69) is 17.1 Å². The van der Waals surface area contributed by atoms with Crippen molar-refractivity contribution in [2.45, 2.75) is 77.6 Å². The molecule has 4 aromatic rings. The van der Waals surface area contributed by atoms with Crippen LogP contribution in [-0.4, -0.2) is 58.8 Å². The third-order valence-electron chi connectivity index (χ3n) is 9.56. The maximum atomic E-state index is 12.5. The summed E-state index contributed by atoms with van der Waals surface area (Å²) in [6.07, 6.45) is -2.67. The minimum absolute atomic E-state index is 0.0142. The predicted molar refractivity (Wildman–Crippen MR) is 191 cm³/mol. The number of benzene rings is 4. The number of carbonyl (C=O) groups excluding carboxylic acids is 2. The highest BCUT2D eigenvalue weighted by Gasteiger charge is 2.39. The number of amides is 1. The van der Waals surface area contributed by atoms with Crippen molar-refractivity contribution in [1.82, 2.24) is 10.2 Å². The van der Waals surface area contributed by atoms with Gasteiger partial charge in [0.05, 0.1) is 24.9 Å². The van der Waals surface area contributed by atoms with Crippen LogP contribution in [0.4, 0.5) is 0 Å². The average molecular weight is 681 g/mol. The predicted octanol–water partition coefficient (Wildman–Crippen LogP) is 6.26. The summed E-state index contributed by atoms with van der Waals surface area (Å²) in [6, 6.07) is 33.2. The molecule has 0 aliphatic carbocycles. The molecule has 0 saturated carbocycles. The zero-order valence-corrected chi connectivity index (χ0v) is 29.4. The Balaban J connectivity index is 1.35. The van der Waals surface area contributed by atoms with E-state index in [1.807, 2.05) is 117 Å². The summed E-state index contributed by atoms with van der Waals surface area (Å²) in [5.41, 5.74) is 6.42. The van der Waals surface area contributed by atoms with Gasteiger partial charge in [0.25, 0.3) is 5.91 Å². The quantitative estimate of drug-likeness (QED) is 0.142. The molecule has 3 N–H and O–H groups in total. The van der Waals surface area contributed by atoms with Crippen molar-refractivity contribution in [2.75, 3.05) is 13.6 Å². The van der Waals surface area contributed by atoms with Crippen LogP contribution in [0.1, 0.15) is 74.0 Å². The molecule has 1 fully saturated rings. The molecule has 0 aromatic heterocycles. The van der Waals surface area contributed by atoms with Crippen molar-refractivity contribution in [1.29, 1.82) is 0 Å². The van der Waals surface area contributed by atoms with Crippen molar-refractivity contribution in [3.63, 3.8) is 0 Å². The average Bonchev–Trinajstić information content (AvgIpc) is 3.14. The lowest BCUT2D eigenvalue weighted by Crippen LogP contribution is -2.46. The fraction of sp³-hybridized carbons (Fsp3) is 0.366. The van der Waals surface area contributed by atoms with E-state index in [1.165, 1.54) is 6.92 Å². The van der Waals surface area contributed by atoms with Gasteiger partial charge in [0, 0.05) is 37.5 Å². The van der Waals surface area contributed by atoms with Crippen molar-refractivity contribution in [3.8, 4) is 11.1 Å². The van der Waals surface area contributed by atoms with Gasteiger partial charge in [-0.15, -0.1) is 0 Å². The highest BCUT2D eigenvalue weighted by molar-refractivity contribution is 5.83. The third-order valence-corrected chi connectivity index (χ3v) is 9.56. The second kappa shape index (κ2) is 17.0. The van der Waals surface area contributed by atoms with Crippen LogP contribution in [0.5, 0.6) is 0 Å². The Kier molecular flexibility index (Phi) is 12.6. The Morgan fingerprint density at radius 3 is 2.18 bits per heavy atom. The summed E-state index contributed by atoms with van der Waals surface area (Å²) in [5, 5.41) is 23.6. The molecule has 0 bridgehead atoms. The minimum atomic E-state index is -0.880. The van der Waals surface area contributed by atoms with E-state index < -0.39 is 24.5 Å². The van der Waals surface area contributed by atoms with Gasteiger partial charge in [0.15, 0.2) is 12.4 Å². The normalized spacial score (nSPS) is 20.9. The lowest BCUT2D eigenvalue weighted by atomic mass is 9.89. The molecule has 264 valence electrons. The number of likely N-dealkylation sites (N-methyl/N-ethyl adjacent to an activating group) is 1. The van der Waals surface area contributed by atoms with Gasteiger partial charge in [0.1, 0.15) is 0 Å². The van der Waals surface area contributed by atoms with Crippen LogP contribution in [0, 0.1) is 5.92 Å². The van der Waals surface area contributed by atoms with E-state index in [0.717, 1.165) is 38.9 Å². The number of hydrogen-bond donors (Lipinski definition) is 3. The van der Waals surface area contributed by atoms with Crippen LogP contribution in [0.3, 0.4) is 0 Å². The van der Waals surface area contributed by atoms with E-state index in [1.54, 1.807) is 6.92 Å². The third kappa shape index (κ3) is 9.04. The van der Waals surface area contributed by atoms with Crippen LogP contribution in [0.15, 0.2) is 103 Å². The molecular weight excluding hydrogens is 632 g/mol. The maximum Gasteiger partial charge on any atom is 0.303 e. The van der Waals surface area contributed by atoms with Crippen LogP contribution >= 0.6 is 0 Å². The van der Waals surface area contributed by atoms with E-state index in [4.69, 9.17) is 14.2 Å². The summed E-state index contributed by atoms with van der Waals surface area (Å²) in [7, 11) is 2.01. The largest absolute Gasteiger partial charge is 0.453 e. The SMILES string of the molecule is CC(=O)O[C@@H](C)C(=O)NCc1ccccc1-c1ccc([C@@H]2O[C@H](CN(C)[C@H](C)[C@@H](O)c3ccccc3)[C@H](C)[C@H](c3ccc(CO)cc3)O2)cc1. The second-order valence-corrected chi connectivity index (χ2v) is 13.1. The Bertz CT molecular complexity index is 1700. The first-order chi connectivity index (χ1) is 24.0. The molecule has 0 spiro atoms. The molecule has 1 aliphatic heterocycles. The first-order valence-corrected chi connectivity index (χ1v) is 17.1. The lowest BCUT2D eigenvalue weighted by molar-refractivity contribution is -0.276. The zero-order valence-electron chi connectivity index (χ0n) is 29.4. The number of carbonyl (C=O) groups is 2. The Labute approximate surface area is 294 Å². The molecule has 0 unspecified atom stereocenters. The van der Waals surface area contributed by atoms with Gasteiger partial charge in [-0.3, -0.25) is 14.5 Å². The second-order valence-electron chi connectivity index (χ2n) is 13.1. The van der Waals surface area contributed by atoms with Gasteiger partial charge in [-0.25, -0.2) is 0 Å². The van der Waals surface area contributed by atoms with Gasteiger partial charge >= 0.3 is 5.97 Å². The molecule has 4 aromatic carbocycles. The maximum absolute atomic E-state index is 12.5. The highest BCUT2D eigenvalue weighted by Crippen LogP contribution is 2.42. The van der Waals surface area contributed by atoms with Gasteiger partial charge in [-0.2, -0.15) is 0 Å². The molecule has 50 heavy (non-hydrogen) atoms. The number of hydrogen-bond acceptors (Lipinski definition) is 8. The smallest absolute Gasteiger partial charge is 0.303 e. The first-order valence-electron chi connectivity index (χ1n) is 17.1. The molecule has 1 heterocycles. The van der Waals surface area contributed by atoms with E-state index in [-0.39, 0.29) is 43.2 Å². The fourth-order valence-corrected chi connectivity index (χ4v) is 6.35. The van der Waals surface area contributed by atoms with Gasteiger partial charge in [-0.1, -0.05) is 110 Å². The summed E-state index contributed by atoms with van der Waals surface area (Å²) >= 11 is 0.